The van der Waals surface area contributed by atoms with Crippen LogP contribution in [0.3, 0.4) is 0 Å². The topological polar surface area (TPSA) is 101 Å². The van der Waals surface area contributed by atoms with Crippen molar-refractivity contribution in [3.63, 3.8) is 0 Å². The fraction of sp³-hybridized carbons (Fsp3) is 0.400. The number of fused-ring (bicyclic) bond motifs is 1. The zero-order valence-corrected chi connectivity index (χ0v) is 22.5. The normalized spacial score (nSPS) is 14.3. The summed E-state index contributed by atoms with van der Waals surface area (Å²) in [6.45, 7) is 5.15. The van der Waals surface area contributed by atoms with Crippen molar-refractivity contribution < 1.29 is 22.5 Å². The van der Waals surface area contributed by atoms with E-state index in [2.05, 4.69) is 25.5 Å². The molecule has 0 unspecified atom stereocenters. The molecule has 1 aliphatic heterocycles. The summed E-state index contributed by atoms with van der Waals surface area (Å²) in [5.74, 6) is -0.707. The number of aromatic nitrogens is 3. The zero-order chi connectivity index (χ0) is 27.7. The lowest BCUT2D eigenvalue weighted by molar-refractivity contribution is -0.137. The predicted octanol–water partition coefficient (Wildman–Crippen LogP) is 4.03. The fourth-order valence-electron chi connectivity index (χ4n) is 4.41. The first-order valence-corrected chi connectivity index (χ1v) is 14.5. The molecule has 0 atom stereocenters. The van der Waals surface area contributed by atoms with Gasteiger partial charge in [0, 0.05) is 50.4 Å². The molecule has 0 saturated heterocycles. The Balaban J connectivity index is 1.77. The number of ether oxygens (including phenoxy) is 1. The van der Waals surface area contributed by atoms with E-state index < -0.39 is 24.7 Å². The Morgan fingerprint density at radius 1 is 1.16 bits per heavy atom. The van der Waals surface area contributed by atoms with Crippen LogP contribution in [-0.2, 0) is 35.0 Å². The van der Waals surface area contributed by atoms with Gasteiger partial charge in [0.25, 0.3) is 5.56 Å². The Labute approximate surface area is 218 Å². The highest BCUT2D eigenvalue weighted by atomic mass is 31.2. The number of hydrogen-bond donors (Lipinski definition) is 2. The smallest absolute Gasteiger partial charge is 0.383 e. The minimum atomic E-state index is -4.75. The number of nitrogens with zero attached hydrogens (tertiary/aromatic N) is 4. The summed E-state index contributed by atoms with van der Waals surface area (Å²) in [7, 11) is 0.707. The van der Waals surface area contributed by atoms with Crippen molar-refractivity contribution >= 4 is 35.6 Å². The molecule has 2 N–H and O–H groups in total. The van der Waals surface area contributed by atoms with Gasteiger partial charge in [0.15, 0.2) is 0 Å². The standard InChI is InChI=1S/C25H30F3N6O3P/c1-33-10-9-20-16(15-33)13-19(23(35)34(20)11-12-37-2)31-24-29-14-17(25(26,27)28)22(32-24)30-18-7-5-6-8-21(18)38(3,4)36/h5-8,13-14H,9-12,15H2,1-4H3,(H2,29,30,31,32). The van der Waals surface area contributed by atoms with Crippen LogP contribution in [0.25, 0.3) is 0 Å². The molecular weight excluding hydrogens is 520 g/mol. The number of pyridine rings is 1. The van der Waals surface area contributed by atoms with Crippen LogP contribution in [0.4, 0.5) is 36.3 Å². The van der Waals surface area contributed by atoms with Gasteiger partial charge in [-0.25, -0.2) is 4.98 Å². The van der Waals surface area contributed by atoms with Gasteiger partial charge in [-0.3, -0.25) is 4.79 Å². The van der Waals surface area contributed by atoms with Gasteiger partial charge in [0.1, 0.15) is 24.2 Å². The van der Waals surface area contributed by atoms with E-state index >= 15 is 0 Å². The quantitative estimate of drug-likeness (QED) is 0.406. The molecule has 1 aromatic carbocycles. The zero-order valence-electron chi connectivity index (χ0n) is 21.6. The number of halogens is 3. The van der Waals surface area contributed by atoms with Gasteiger partial charge in [-0.2, -0.15) is 18.2 Å². The number of anilines is 4. The number of benzene rings is 1. The lowest BCUT2D eigenvalue weighted by atomic mass is 10.0. The molecule has 2 aromatic heterocycles. The highest BCUT2D eigenvalue weighted by Gasteiger charge is 2.36. The maximum Gasteiger partial charge on any atom is 0.421 e. The molecule has 204 valence electrons. The third-order valence-electron chi connectivity index (χ3n) is 6.26. The molecule has 3 aromatic rings. The first-order chi connectivity index (χ1) is 17.9. The monoisotopic (exact) mass is 550 g/mol. The van der Waals surface area contributed by atoms with E-state index in [1.165, 1.54) is 13.3 Å². The summed E-state index contributed by atoms with van der Waals surface area (Å²) in [4.78, 5) is 23.4. The third kappa shape index (κ3) is 6.09. The molecule has 0 amide bonds. The van der Waals surface area contributed by atoms with Gasteiger partial charge in [0.05, 0.1) is 12.3 Å². The molecule has 0 aliphatic carbocycles. The Hall–Kier alpha value is -3.21. The van der Waals surface area contributed by atoms with Crippen LogP contribution in [0, 0.1) is 0 Å². The molecule has 0 spiro atoms. The van der Waals surface area contributed by atoms with Gasteiger partial charge < -0.3 is 29.4 Å². The second-order valence-corrected chi connectivity index (χ2v) is 12.7. The Morgan fingerprint density at radius 3 is 2.58 bits per heavy atom. The van der Waals surface area contributed by atoms with Gasteiger partial charge in [-0.15, -0.1) is 0 Å². The van der Waals surface area contributed by atoms with Gasteiger partial charge in [-0.05, 0) is 44.1 Å². The maximum absolute atomic E-state index is 13.8. The van der Waals surface area contributed by atoms with Crippen molar-refractivity contribution in [1.82, 2.24) is 19.4 Å². The summed E-state index contributed by atoms with van der Waals surface area (Å²) in [5, 5.41) is 5.92. The van der Waals surface area contributed by atoms with Crippen LogP contribution in [0.15, 0.2) is 41.3 Å². The molecule has 9 nitrogen and oxygen atoms in total. The number of alkyl halides is 3. The van der Waals surface area contributed by atoms with Gasteiger partial charge >= 0.3 is 6.18 Å². The minimum Gasteiger partial charge on any atom is -0.383 e. The number of nitrogens with one attached hydrogen (secondary N) is 2. The molecular formula is C25H30F3N6O3P. The number of methoxy groups -OCH3 is 1. The number of para-hydroxylation sites is 1. The first-order valence-electron chi connectivity index (χ1n) is 11.9. The number of rotatable bonds is 8. The molecule has 0 radical (unpaired) electrons. The summed E-state index contributed by atoms with van der Waals surface area (Å²) in [6, 6.07) is 8.13. The van der Waals surface area contributed by atoms with Crippen LogP contribution in [0.2, 0.25) is 0 Å². The summed E-state index contributed by atoms with van der Waals surface area (Å²) in [5.41, 5.74) is 0.794. The number of likely N-dealkylation sites (N-methyl/N-ethyl adjacent to an activating group) is 1. The number of hydrogen-bond acceptors (Lipinski definition) is 8. The van der Waals surface area contributed by atoms with E-state index in [9.17, 15) is 22.5 Å². The van der Waals surface area contributed by atoms with Crippen molar-refractivity contribution in [2.24, 2.45) is 0 Å². The molecule has 3 heterocycles. The van der Waals surface area contributed by atoms with Crippen LogP contribution >= 0.6 is 7.14 Å². The summed E-state index contributed by atoms with van der Waals surface area (Å²) < 4.78 is 61.1. The van der Waals surface area contributed by atoms with Crippen LogP contribution in [0.1, 0.15) is 16.8 Å². The van der Waals surface area contributed by atoms with Crippen molar-refractivity contribution in [1.29, 1.82) is 0 Å². The van der Waals surface area contributed by atoms with Gasteiger partial charge in [0.2, 0.25) is 5.95 Å². The van der Waals surface area contributed by atoms with Crippen molar-refractivity contribution in [3.8, 4) is 0 Å². The second-order valence-electron chi connectivity index (χ2n) is 9.54. The van der Waals surface area contributed by atoms with Crippen molar-refractivity contribution in [2.75, 3.05) is 51.3 Å². The van der Waals surface area contributed by atoms with E-state index in [4.69, 9.17) is 4.74 Å². The second kappa shape index (κ2) is 10.9. The molecule has 4 rings (SSSR count). The Morgan fingerprint density at radius 2 is 1.89 bits per heavy atom. The molecule has 38 heavy (non-hydrogen) atoms. The third-order valence-corrected chi connectivity index (χ3v) is 7.81. The molecule has 1 aliphatic rings. The van der Waals surface area contributed by atoms with E-state index in [1.54, 1.807) is 42.0 Å². The summed E-state index contributed by atoms with van der Waals surface area (Å²) in [6.07, 6.45) is -3.40. The maximum atomic E-state index is 13.8. The van der Waals surface area contributed by atoms with Crippen LogP contribution < -0.4 is 21.5 Å². The lowest BCUT2D eigenvalue weighted by Gasteiger charge is -2.28. The average Bonchev–Trinajstić information content (AvgIpc) is 2.83. The first kappa shape index (κ1) is 27.8. The highest BCUT2D eigenvalue weighted by Crippen LogP contribution is 2.40. The van der Waals surface area contributed by atoms with Crippen LogP contribution in [0.5, 0.6) is 0 Å². The van der Waals surface area contributed by atoms with E-state index in [1.807, 2.05) is 7.05 Å². The van der Waals surface area contributed by atoms with E-state index in [-0.39, 0.29) is 22.9 Å². The fourth-order valence-corrected chi connectivity index (χ4v) is 5.57. The average molecular weight is 551 g/mol. The molecule has 0 fully saturated rings. The van der Waals surface area contributed by atoms with E-state index in [0.29, 0.717) is 37.6 Å². The highest BCUT2D eigenvalue weighted by molar-refractivity contribution is 7.70. The predicted molar refractivity (Wildman–Crippen MR) is 142 cm³/mol. The lowest BCUT2D eigenvalue weighted by Crippen LogP contribution is -2.35. The van der Waals surface area contributed by atoms with Gasteiger partial charge in [-0.1, -0.05) is 12.1 Å². The Kier molecular flexibility index (Phi) is 7.96. The summed E-state index contributed by atoms with van der Waals surface area (Å²) >= 11 is 0. The molecule has 13 heteroatoms. The Bertz CT molecular complexity index is 1440. The SMILES string of the molecule is COCCn1c2c(cc(Nc3ncc(C(F)(F)F)c(Nc4ccccc4P(C)(C)=O)n3)c1=O)CN(C)CC2. The largest absolute Gasteiger partial charge is 0.421 e. The van der Waals surface area contributed by atoms with Crippen molar-refractivity contribution in [2.45, 2.75) is 25.7 Å². The van der Waals surface area contributed by atoms with Crippen molar-refractivity contribution in [3.05, 3.63) is 63.7 Å². The minimum absolute atomic E-state index is 0.146. The molecule has 0 bridgehead atoms. The van der Waals surface area contributed by atoms with E-state index in [0.717, 1.165) is 17.8 Å². The molecule has 0 saturated carbocycles. The van der Waals surface area contributed by atoms with Crippen LogP contribution in [-0.4, -0.2) is 60.1 Å².